The predicted octanol–water partition coefficient (Wildman–Crippen LogP) is 1.82. The number of aromatic nitrogens is 1. The minimum absolute atomic E-state index is 0.0912. The van der Waals surface area contributed by atoms with Crippen LogP contribution in [0.25, 0.3) is 0 Å². The molecule has 1 aromatic heterocycles. The van der Waals surface area contributed by atoms with Gasteiger partial charge in [0.25, 0.3) is 0 Å². The van der Waals surface area contributed by atoms with Gasteiger partial charge in [-0.2, -0.15) is 0 Å². The molecule has 3 heterocycles. The molecule has 2 aliphatic rings. The highest BCUT2D eigenvalue weighted by Gasteiger charge is 2.27. The molecule has 23 heavy (non-hydrogen) atoms. The molecule has 1 atom stereocenters. The maximum atomic E-state index is 11.3. The van der Waals surface area contributed by atoms with E-state index in [0.29, 0.717) is 0 Å². The first-order valence-corrected chi connectivity index (χ1v) is 8.52. The minimum atomic E-state index is -0.180. The fraction of sp³-hybridized carbons (Fsp3) is 0.647. The van der Waals surface area contributed by atoms with E-state index in [1.54, 1.807) is 11.9 Å². The van der Waals surface area contributed by atoms with Crippen LogP contribution in [0.3, 0.4) is 0 Å². The number of pyridine rings is 1. The Bertz CT molecular complexity index is 503. The van der Waals surface area contributed by atoms with Crippen molar-refractivity contribution in [3.05, 3.63) is 24.4 Å². The van der Waals surface area contributed by atoms with Crippen molar-refractivity contribution < 1.29 is 9.53 Å². The first kappa shape index (κ1) is 16.1. The lowest BCUT2D eigenvalue weighted by atomic mass is 10.1. The first-order chi connectivity index (χ1) is 11.2. The highest BCUT2D eigenvalue weighted by atomic mass is 16.6. The second kappa shape index (κ2) is 7.64. The number of nitrogens with zero attached hydrogens (tertiary/aromatic N) is 4. The van der Waals surface area contributed by atoms with E-state index in [4.69, 9.17) is 4.74 Å². The molecule has 0 radical (unpaired) electrons. The summed E-state index contributed by atoms with van der Waals surface area (Å²) in [6.07, 6.45) is 5.03. The number of unbranched alkanes of at least 4 members (excludes halogenated alkanes) is 1. The van der Waals surface area contributed by atoms with Crippen molar-refractivity contribution in [3.8, 4) is 0 Å². The Hall–Kier alpha value is -1.82. The third kappa shape index (κ3) is 4.34. The number of piperazine rings is 1. The second-order valence-electron chi connectivity index (χ2n) is 6.40. The zero-order valence-electron chi connectivity index (χ0n) is 13.9. The van der Waals surface area contributed by atoms with Gasteiger partial charge in [-0.3, -0.25) is 4.90 Å². The van der Waals surface area contributed by atoms with Gasteiger partial charge in [0.2, 0.25) is 0 Å². The van der Waals surface area contributed by atoms with Crippen molar-refractivity contribution in [2.45, 2.75) is 25.4 Å². The van der Waals surface area contributed by atoms with Crippen LogP contribution in [0.1, 0.15) is 19.3 Å². The van der Waals surface area contributed by atoms with E-state index in [1.165, 1.54) is 6.42 Å². The van der Waals surface area contributed by atoms with Crippen molar-refractivity contribution in [1.82, 2.24) is 14.8 Å². The summed E-state index contributed by atoms with van der Waals surface area (Å²) in [6, 6.07) is 6.08. The molecular weight excluding hydrogens is 292 g/mol. The minimum Gasteiger partial charge on any atom is -0.444 e. The van der Waals surface area contributed by atoms with Gasteiger partial charge in [-0.1, -0.05) is 6.07 Å². The molecule has 0 saturated carbocycles. The fourth-order valence-corrected chi connectivity index (χ4v) is 3.25. The van der Waals surface area contributed by atoms with Crippen LogP contribution in [0.15, 0.2) is 24.4 Å². The number of anilines is 1. The zero-order chi connectivity index (χ0) is 16.1. The Labute approximate surface area is 138 Å². The molecular formula is C17H26N4O2. The van der Waals surface area contributed by atoms with Crippen molar-refractivity contribution in [1.29, 1.82) is 0 Å². The molecule has 2 aliphatic heterocycles. The summed E-state index contributed by atoms with van der Waals surface area (Å²) in [7, 11) is 1.80. The summed E-state index contributed by atoms with van der Waals surface area (Å²) in [5, 5.41) is 0. The lowest BCUT2D eigenvalue weighted by molar-refractivity contribution is 0.128. The monoisotopic (exact) mass is 318 g/mol. The van der Waals surface area contributed by atoms with E-state index in [1.807, 2.05) is 18.3 Å². The summed E-state index contributed by atoms with van der Waals surface area (Å²) in [4.78, 5) is 22.2. The van der Waals surface area contributed by atoms with Gasteiger partial charge in [0, 0.05) is 39.4 Å². The number of amides is 1. The lowest BCUT2D eigenvalue weighted by Gasteiger charge is -2.35. The van der Waals surface area contributed by atoms with E-state index in [0.717, 1.165) is 57.9 Å². The molecule has 0 aliphatic carbocycles. The Morgan fingerprint density at radius 2 is 2.04 bits per heavy atom. The van der Waals surface area contributed by atoms with Crippen molar-refractivity contribution in [3.63, 3.8) is 0 Å². The van der Waals surface area contributed by atoms with E-state index in [9.17, 15) is 4.79 Å². The topological polar surface area (TPSA) is 48.9 Å². The third-order valence-corrected chi connectivity index (χ3v) is 4.65. The first-order valence-electron chi connectivity index (χ1n) is 8.52. The SMILES string of the molecule is CN1CC(CCCCN2CCN(c3ccccn3)CC2)OC1=O. The number of likely N-dealkylation sites (N-methyl/N-ethyl adjacent to an activating group) is 1. The Morgan fingerprint density at radius 1 is 1.22 bits per heavy atom. The van der Waals surface area contributed by atoms with Crippen LogP contribution < -0.4 is 4.90 Å². The molecule has 2 saturated heterocycles. The van der Waals surface area contributed by atoms with E-state index in [2.05, 4.69) is 20.9 Å². The van der Waals surface area contributed by atoms with Gasteiger partial charge in [0.05, 0.1) is 6.54 Å². The van der Waals surface area contributed by atoms with Crippen LogP contribution in [-0.4, -0.2) is 73.3 Å². The van der Waals surface area contributed by atoms with Gasteiger partial charge in [-0.05, 0) is 37.9 Å². The van der Waals surface area contributed by atoms with Gasteiger partial charge in [-0.25, -0.2) is 9.78 Å². The molecule has 6 heteroatoms. The molecule has 2 fully saturated rings. The van der Waals surface area contributed by atoms with Crippen LogP contribution in [0.2, 0.25) is 0 Å². The summed E-state index contributed by atoms with van der Waals surface area (Å²) in [6.45, 7) is 6.15. The quantitative estimate of drug-likeness (QED) is 0.749. The normalized spacial score (nSPS) is 22.5. The van der Waals surface area contributed by atoms with E-state index >= 15 is 0 Å². The summed E-state index contributed by atoms with van der Waals surface area (Å²) in [5.74, 6) is 1.08. The largest absolute Gasteiger partial charge is 0.444 e. The van der Waals surface area contributed by atoms with Crippen LogP contribution >= 0.6 is 0 Å². The van der Waals surface area contributed by atoms with E-state index in [-0.39, 0.29) is 12.2 Å². The lowest BCUT2D eigenvalue weighted by Crippen LogP contribution is -2.46. The molecule has 0 aromatic carbocycles. The Morgan fingerprint density at radius 3 is 2.70 bits per heavy atom. The summed E-state index contributed by atoms with van der Waals surface area (Å²) >= 11 is 0. The number of carbonyl (C=O) groups excluding carboxylic acids is 1. The van der Waals surface area contributed by atoms with Gasteiger partial charge < -0.3 is 14.5 Å². The molecule has 1 aromatic rings. The average molecular weight is 318 g/mol. The number of carbonyl (C=O) groups is 1. The Balaban J connectivity index is 1.30. The number of cyclic esters (lactones) is 1. The van der Waals surface area contributed by atoms with Crippen LogP contribution in [0.4, 0.5) is 10.6 Å². The zero-order valence-corrected chi connectivity index (χ0v) is 13.9. The maximum absolute atomic E-state index is 11.3. The molecule has 0 N–H and O–H groups in total. The predicted molar refractivity (Wildman–Crippen MR) is 89.6 cm³/mol. The van der Waals surface area contributed by atoms with Crippen LogP contribution in [0, 0.1) is 0 Å². The summed E-state index contributed by atoms with van der Waals surface area (Å²) in [5.41, 5.74) is 0. The van der Waals surface area contributed by atoms with Gasteiger partial charge in [0.1, 0.15) is 11.9 Å². The highest BCUT2D eigenvalue weighted by Crippen LogP contribution is 2.16. The van der Waals surface area contributed by atoms with Crippen LogP contribution in [-0.2, 0) is 4.74 Å². The molecule has 3 rings (SSSR count). The number of rotatable bonds is 6. The number of hydrogen-bond acceptors (Lipinski definition) is 5. The number of ether oxygens (including phenoxy) is 1. The molecule has 0 spiro atoms. The maximum Gasteiger partial charge on any atom is 0.409 e. The molecule has 126 valence electrons. The van der Waals surface area contributed by atoms with Gasteiger partial charge in [-0.15, -0.1) is 0 Å². The Kier molecular flexibility index (Phi) is 5.33. The average Bonchev–Trinajstić information content (AvgIpc) is 2.91. The molecule has 1 unspecified atom stereocenters. The van der Waals surface area contributed by atoms with E-state index < -0.39 is 0 Å². The van der Waals surface area contributed by atoms with Gasteiger partial charge in [0.15, 0.2) is 0 Å². The smallest absolute Gasteiger partial charge is 0.409 e. The van der Waals surface area contributed by atoms with Crippen LogP contribution in [0.5, 0.6) is 0 Å². The second-order valence-corrected chi connectivity index (χ2v) is 6.40. The molecule has 1 amide bonds. The number of hydrogen-bond donors (Lipinski definition) is 0. The third-order valence-electron chi connectivity index (χ3n) is 4.65. The highest BCUT2D eigenvalue weighted by molar-refractivity contribution is 5.69. The molecule has 0 bridgehead atoms. The van der Waals surface area contributed by atoms with Crippen molar-refractivity contribution >= 4 is 11.9 Å². The summed E-state index contributed by atoms with van der Waals surface area (Å²) < 4.78 is 5.29. The van der Waals surface area contributed by atoms with Crippen molar-refractivity contribution in [2.75, 3.05) is 51.2 Å². The standard InChI is InChI=1S/C17H26N4O2/c1-19-14-15(23-17(19)22)6-3-5-9-20-10-12-21(13-11-20)16-7-2-4-8-18-16/h2,4,7-8,15H,3,5-6,9-14H2,1H3. The van der Waals surface area contributed by atoms with Crippen molar-refractivity contribution in [2.24, 2.45) is 0 Å². The van der Waals surface area contributed by atoms with Gasteiger partial charge >= 0.3 is 6.09 Å². The fourth-order valence-electron chi connectivity index (χ4n) is 3.25. The molecule has 6 nitrogen and oxygen atoms in total.